The van der Waals surface area contributed by atoms with Crippen molar-refractivity contribution in [2.24, 2.45) is 5.92 Å². The van der Waals surface area contributed by atoms with Gasteiger partial charge in [0.25, 0.3) is 5.91 Å². The van der Waals surface area contributed by atoms with Gasteiger partial charge < -0.3 is 19.7 Å². The van der Waals surface area contributed by atoms with Crippen molar-refractivity contribution in [3.05, 3.63) is 89.1 Å². The molecule has 0 atom stereocenters. The van der Waals surface area contributed by atoms with Gasteiger partial charge in [0, 0.05) is 36.3 Å². The largest absolute Gasteiger partial charge is 0.481 e. The molecule has 2 aromatic carbocycles. The van der Waals surface area contributed by atoms with E-state index in [1.807, 2.05) is 60.4 Å². The third kappa shape index (κ3) is 7.63. The maximum Gasteiger partial charge on any atom is 0.324 e. The third-order valence-corrected chi connectivity index (χ3v) is 8.08. The Labute approximate surface area is 264 Å². The molecule has 0 aliphatic carbocycles. The van der Waals surface area contributed by atoms with Crippen LogP contribution in [-0.4, -0.2) is 58.9 Å². The second-order valence-corrected chi connectivity index (χ2v) is 12.5. The van der Waals surface area contributed by atoms with Gasteiger partial charge >= 0.3 is 6.03 Å². The van der Waals surface area contributed by atoms with Crippen LogP contribution in [0, 0.1) is 12.8 Å². The topological polar surface area (TPSA) is 111 Å². The fraction of sp³-hybridized carbons (Fsp3) is 0.371. The number of hydrogen-bond acceptors (Lipinski definition) is 6. The second-order valence-electron chi connectivity index (χ2n) is 12.5. The van der Waals surface area contributed by atoms with Crippen LogP contribution in [0.5, 0.6) is 11.8 Å². The van der Waals surface area contributed by atoms with Crippen LogP contribution in [0.25, 0.3) is 5.69 Å². The number of likely N-dealkylation sites (tertiary alicyclic amines) is 1. The van der Waals surface area contributed by atoms with Crippen LogP contribution in [0.2, 0.25) is 0 Å². The highest BCUT2D eigenvalue weighted by atomic mass is 16.5. The maximum absolute atomic E-state index is 13.2. The number of urea groups is 1. The van der Waals surface area contributed by atoms with Gasteiger partial charge in [-0.3, -0.25) is 10.1 Å². The maximum atomic E-state index is 13.2. The summed E-state index contributed by atoms with van der Waals surface area (Å²) in [7, 11) is 3.03. The first-order valence-electron chi connectivity index (χ1n) is 15.3. The summed E-state index contributed by atoms with van der Waals surface area (Å²) in [6.07, 6.45) is 2.63. The van der Waals surface area contributed by atoms with E-state index in [1.165, 1.54) is 14.2 Å². The van der Waals surface area contributed by atoms with E-state index < -0.39 is 0 Å². The minimum absolute atomic E-state index is 0.0870. The molecule has 45 heavy (non-hydrogen) atoms. The number of methoxy groups -OCH3 is 2. The van der Waals surface area contributed by atoms with E-state index in [4.69, 9.17) is 14.6 Å². The van der Waals surface area contributed by atoms with Crippen LogP contribution < -0.4 is 20.1 Å². The van der Waals surface area contributed by atoms with Crippen LogP contribution in [0.3, 0.4) is 0 Å². The molecule has 0 unspecified atom stereocenters. The summed E-state index contributed by atoms with van der Waals surface area (Å²) < 4.78 is 12.3. The normalized spacial score (nSPS) is 13.8. The minimum Gasteiger partial charge on any atom is -0.481 e. The lowest BCUT2D eigenvalue weighted by Crippen LogP contribution is -2.39. The van der Waals surface area contributed by atoms with Crippen LogP contribution >= 0.6 is 0 Å². The predicted octanol–water partition coefficient (Wildman–Crippen LogP) is 6.63. The molecule has 4 aromatic rings. The molecule has 3 amide bonds. The van der Waals surface area contributed by atoms with E-state index in [0.717, 1.165) is 41.8 Å². The van der Waals surface area contributed by atoms with E-state index in [9.17, 15) is 9.59 Å². The monoisotopic (exact) mass is 610 g/mol. The van der Waals surface area contributed by atoms with Crippen molar-refractivity contribution < 1.29 is 19.1 Å². The lowest BCUT2D eigenvalue weighted by molar-refractivity contribution is 0.0686. The van der Waals surface area contributed by atoms with Gasteiger partial charge in [0.15, 0.2) is 0 Å². The molecule has 1 saturated heterocycles. The van der Waals surface area contributed by atoms with Gasteiger partial charge in [-0.1, -0.05) is 50.6 Å². The number of anilines is 2. The van der Waals surface area contributed by atoms with Crippen molar-refractivity contribution >= 4 is 23.4 Å². The zero-order valence-electron chi connectivity index (χ0n) is 26.9. The molecule has 10 nitrogen and oxygen atoms in total. The molecular formula is C35H42N6O4. The SMILES string of the molecule is COc1ccc(C(=O)N2CCC(Cc3cccc(NC(=O)Nc4cc(C(C)(C)C)nn4-c4ccc(C)cc4)c3)CC2)c(OC)n1. The van der Waals surface area contributed by atoms with Crippen molar-refractivity contribution in [2.45, 2.75) is 52.4 Å². The Morgan fingerprint density at radius 2 is 1.67 bits per heavy atom. The minimum atomic E-state index is -0.337. The molecule has 2 N–H and O–H groups in total. The zero-order chi connectivity index (χ0) is 32.1. The average Bonchev–Trinajstić information content (AvgIpc) is 3.45. The summed E-state index contributed by atoms with van der Waals surface area (Å²) in [5, 5.41) is 10.8. The number of aryl methyl sites for hydroxylation is 1. The number of ether oxygens (including phenoxy) is 2. The number of piperidine rings is 1. The fourth-order valence-electron chi connectivity index (χ4n) is 5.47. The van der Waals surface area contributed by atoms with Gasteiger partial charge in [-0.25, -0.2) is 9.48 Å². The molecular weight excluding hydrogens is 568 g/mol. The van der Waals surface area contributed by atoms with Crippen LogP contribution in [0.4, 0.5) is 16.3 Å². The second kappa shape index (κ2) is 13.4. The molecule has 5 rings (SSSR count). The molecule has 3 heterocycles. The number of pyridine rings is 1. The van der Waals surface area contributed by atoms with Crippen molar-refractivity contribution in [1.82, 2.24) is 19.7 Å². The summed E-state index contributed by atoms with van der Waals surface area (Å²) >= 11 is 0. The Morgan fingerprint density at radius 3 is 2.33 bits per heavy atom. The van der Waals surface area contributed by atoms with Crippen LogP contribution in [0.1, 0.15) is 60.8 Å². The number of benzene rings is 2. The smallest absolute Gasteiger partial charge is 0.324 e. The average molecular weight is 611 g/mol. The summed E-state index contributed by atoms with van der Waals surface area (Å²) in [5.74, 6) is 1.61. The zero-order valence-corrected chi connectivity index (χ0v) is 26.9. The summed E-state index contributed by atoms with van der Waals surface area (Å²) in [6, 6.07) is 21.0. The van der Waals surface area contributed by atoms with Crippen molar-refractivity contribution in [2.75, 3.05) is 37.9 Å². The first-order chi connectivity index (χ1) is 21.5. The number of hydrogen-bond donors (Lipinski definition) is 2. The quantitative estimate of drug-likeness (QED) is 0.232. The molecule has 1 aliphatic rings. The summed E-state index contributed by atoms with van der Waals surface area (Å²) in [5.41, 5.74) is 5.02. The van der Waals surface area contributed by atoms with E-state index in [1.54, 1.807) is 16.8 Å². The standard InChI is InChI=1S/C35H42N6O4/c1-23-10-12-27(13-11-23)41-30(22-29(39-41)35(2,3)4)37-34(43)36-26-9-7-8-25(21-26)20-24-16-18-40(19-17-24)33(42)28-14-15-31(44-5)38-32(28)45-6/h7-15,21-22,24H,16-20H2,1-6H3,(H2,36,37,43). The predicted molar refractivity (Wildman–Crippen MR) is 176 cm³/mol. The molecule has 0 bridgehead atoms. The first-order valence-corrected chi connectivity index (χ1v) is 15.3. The molecule has 10 heteroatoms. The van der Waals surface area contributed by atoms with Gasteiger partial charge in [-0.15, -0.1) is 0 Å². The summed E-state index contributed by atoms with van der Waals surface area (Å²) in [6.45, 7) is 9.65. The number of nitrogens with one attached hydrogen (secondary N) is 2. The number of aromatic nitrogens is 3. The number of carbonyl (C=O) groups excluding carboxylic acids is 2. The van der Waals surface area contributed by atoms with Gasteiger partial charge in [-0.05, 0) is 68.0 Å². The van der Waals surface area contributed by atoms with E-state index in [0.29, 0.717) is 42.0 Å². The summed E-state index contributed by atoms with van der Waals surface area (Å²) in [4.78, 5) is 32.5. The Morgan fingerprint density at radius 1 is 0.933 bits per heavy atom. The number of nitrogens with zero attached hydrogens (tertiary/aromatic N) is 4. The highest BCUT2D eigenvalue weighted by Crippen LogP contribution is 2.28. The van der Waals surface area contributed by atoms with Crippen molar-refractivity contribution in [3.8, 4) is 17.4 Å². The molecule has 1 fully saturated rings. The Kier molecular flexibility index (Phi) is 9.41. The molecule has 0 spiro atoms. The molecule has 2 aromatic heterocycles. The molecule has 1 aliphatic heterocycles. The lowest BCUT2D eigenvalue weighted by Gasteiger charge is -2.32. The number of carbonyl (C=O) groups is 2. The number of amides is 3. The van der Waals surface area contributed by atoms with E-state index in [2.05, 4.69) is 42.5 Å². The van der Waals surface area contributed by atoms with Crippen molar-refractivity contribution in [1.29, 1.82) is 0 Å². The highest BCUT2D eigenvalue weighted by molar-refractivity contribution is 5.99. The molecule has 0 radical (unpaired) electrons. The lowest BCUT2D eigenvalue weighted by atomic mass is 9.90. The molecule has 236 valence electrons. The fourth-order valence-corrected chi connectivity index (χ4v) is 5.47. The Balaban J connectivity index is 1.20. The van der Waals surface area contributed by atoms with Crippen LogP contribution in [0.15, 0.2) is 66.7 Å². The highest BCUT2D eigenvalue weighted by Gasteiger charge is 2.27. The van der Waals surface area contributed by atoms with Gasteiger partial charge in [-0.2, -0.15) is 10.1 Å². The van der Waals surface area contributed by atoms with E-state index in [-0.39, 0.29) is 23.2 Å². The number of rotatable bonds is 8. The third-order valence-electron chi connectivity index (χ3n) is 8.08. The van der Waals surface area contributed by atoms with Gasteiger partial charge in [0.2, 0.25) is 11.8 Å². The van der Waals surface area contributed by atoms with Crippen molar-refractivity contribution in [3.63, 3.8) is 0 Å². The van der Waals surface area contributed by atoms with E-state index >= 15 is 0 Å². The first kappa shape index (κ1) is 31.6. The Bertz CT molecular complexity index is 1650. The van der Waals surface area contributed by atoms with Crippen LogP contribution in [-0.2, 0) is 11.8 Å². The molecule has 0 saturated carbocycles. The van der Waals surface area contributed by atoms with Gasteiger partial charge in [0.1, 0.15) is 11.4 Å². The van der Waals surface area contributed by atoms with Gasteiger partial charge in [0.05, 0.1) is 25.6 Å². The Hall–Kier alpha value is -4.86.